The Kier molecular flexibility index (Phi) is 4.24. The lowest BCUT2D eigenvalue weighted by molar-refractivity contribution is -0.181. The Hall–Kier alpha value is -0.340. The first-order valence-electron chi connectivity index (χ1n) is 4.27. The third-order valence-electron chi connectivity index (χ3n) is 1.74. The maximum absolute atomic E-state index is 5.37. The standard InChI is InChI=1S/C9H16O2/c1-2-3-4-6-9-10-7-5-8-11-9/h2,9H,1,3-8H2. The minimum atomic E-state index is 0.0590. The van der Waals surface area contributed by atoms with Gasteiger partial charge in [-0.05, 0) is 25.7 Å². The molecule has 0 spiro atoms. The number of ether oxygens (including phenoxy) is 2. The van der Waals surface area contributed by atoms with Gasteiger partial charge in [0.15, 0.2) is 6.29 Å². The lowest BCUT2D eigenvalue weighted by Gasteiger charge is -2.22. The van der Waals surface area contributed by atoms with E-state index in [1.54, 1.807) is 0 Å². The first-order chi connectivity index (χ1) is 5.43. The van der Waals surface area contributed by atoms with Crippen molar-refractivity contribution in [3.8, 4) is 0 Å². The molecule has 0 N–H and O–H groups in total. The quantitative estimate of drug-likeness (QED) is 0.458. The van der Waals surface area contributed by atoms with Crippen LogP contribution in [0.15, 0.2) is 12.7 Å². The first-order valence-corrected chi connectivity index (χ1v) is 4.27. The second-order valence-corrected chi connectivity index (χ2v) is 2.74. The van der Waals surface area contributed by atoms with Crippen molar-refractivity contribution in [1.82, 2.24) is 0 Å². The van der Waals surface area contributed by atoms with Gasteiger partial charge in [-0.1, -0.05) is 6.08 Å². The predicted octanol–water partition coefficient (Wildman–Crippen LogP) is 2.11. The zero-order chi connectivity index (χ0) is 7.94. The van der Waals surface area contributed by atoms with E-state index in [0.29, 0.717) is 0 Å². The molecule has 2 nitrogen and oxygen atoms in total. The largest absolute Gasteiger partial charge is 0.353 e. The fourth-order valence-corrected chi connectivity index (χ4v) is 1.13. The molecule has 0 radical (unpaired) electrons. The minimum Gasteiger partial charge on any atom is -0.353 e. The molecule has 0 aromatic heterocycles. The highest BCUT2D eigenvalue weighted by molar-refractivity contribution is 4.66. The fraction of sp³-hybridized carbons (Fsp3) is 0.778. The van der Waals surface area contributed by atoms with E-state index < -0.39 is 0 Å². The smallest absolute Gasteiger partial charge is 0.157 e. The number of rotatable bonds is 4. The van der Waals surface area contributed by atoms with E-state index in [2.05, 4.69) is 6.58 Å². The molecular formula is C9H16O2. The Morgan fingerprint density at radius 2 is 2.09 bits per heavy atom. The summed E-state index contributed by atoms with van der Waals surface area (Å²) < 4.78 is 10.7. The lowest BCUT2D eigenvalue weighted by Crippen LogP contribution is -2.24. The van der Waals surface area contributed by atoms with Crippen LogP contribution in [0.5, 0.6) is 0 Å². The molecule has 1 saturated heterocycles. The van der Waals surface area contributed by atoms with Crippen LogP contribution >= 0.6 is 0 Å². The molecular weight excluding hydrogens is 140 g/mol. The van der Waals surface area contributed by atoms with Gasteiger partial charge >= 0.3 is 0 Å². The van der Waals surface area contributed by atoms with Gasteiger partial charge in [0.1, 0.15) is 0 Å². The maximum Gasteiger partial charge on any atom is 0.157 e. The third-order valence-corrected chi connectivity index (χ3v) is 1.74. The van der Waals surface area contributed by atoms with Crippen LogP contribution in [0.2, 0.25) is 0 Å². The van der Waals surface area contributed by atoms with Crippen molar-refractivity contribution >= 4 is 0 Å². The normalized spacial score (nSPS) is 20.0. The minimum absolute atomic E-state index is 0.0590. The number of hydrogen-bond acceptors (Lipinski definition) is 2. The molecule has 0 amide bonds. The molecule has 1 fully saturated rings. The fourth-order valence-electron chi connectivity index (χ4n) is 1.13. The van der Waals surface area contributed by atoms with E-state index in [-0.39, 0.29) is 6.29 Å². The third kappa shape index (κ3) is 3.54. The molecule has 64 valence electrons. The summed E-state index contributed by atoms with van der Waals surface area (Å²) >= 11 is 0. The Balaban J connectivity index is 2.00. The lowest BCUT2D eigenvalue weighted by atomic mass is 10.2. The van der Waals surface area contributed by atoms with Crippen LogP contribution in [0.4, 0.5) is 0 Å². The molecule has 1 aliphatic heterocycles. The van der Waals surface area contributed by atoms with E-state index >= 15 is 0 Å². The van der Waals surface area contributed by atoms with Crippen LogP contribution in [0.1, 0.15) is 25.7 Å². The summed E-state index contributed by atoms with van der Waals surface area (Å²) in [7, 11) is 0. The highest BCUT2D eigenvalue weighted by atomic mass is 16.7. The second kappa shape index (κ2) is 5.33. The Bertz CT molecular complexity index is 106. The van der Waals surface area contributed by atoms with Gasteiger partial charge in [-0.15, -0.1) is 6.58 Å². The van der Waals surface area contributed by atoms with Gasteiger partial charge in [0.25, 0.3) is 0 Å². The molecule has 0 aromatic carbocycles. The topological polar surface area (TPSA) is 18.5 Å². The van der Waals surface area contributed by atoms with Crippen LogP contribution in [0.25, 0.3) is 0 Å². The number of hydrogen-bond donors (Lipinski definition) is 0. The second-order valence-electron chi connectivity index (χ2n) is 2.74. The average molecular weight is 156 g/mol. The number of allylic oxidation sites excluding steroid dienone is 1. The van der Waals surface area contributed by atoms with Gasteiger partial charge in [-0.2, -0.15) is 0 Å². The molecule has 0 atom stereocenters. The van der Waals surface area contributed by atoms with E-state index in [0.717, 1.165) is 38.9 Å². The van der Waals surface area contributed by atoms with Crippen molar-refractivity contribution in [1.29, 1.82) is 0 Å². The summed E-state index contributed by atoms with van der Waals surface area (Å²) in [6.45, 7) is 5.38. The molecule has 0 bridgehead atoms. The Labute approximate surface area is 68.2 Å². The van der Waals surface area contributed by atoms with Gasteiger partial charge in [-0.25, -0.2) is 0 Å². The summed E-state index contributed by atoms with van der Waals surface area (Å²) in [6.07, 6.45) is 6.22. The molecule has 0 aliphatic carbocycles. The average Bonchev–Trinajstić information content (AvgIpc) is 2.07. The molecule has 0 unspecified atom stereocenters. The summed E-state index contributed by atoms with van der Waals surface area (Å²) in [5.41, 5.74) is 0. The van der Waals surface area contributed by atoms with E-state index in [4.69, 9.17) is 9.47 Å². The zero-order valence-corrected chi connectivity index (χ0v) is 6.92. The van der Waals surface area contributed by atoms with Gasteiger partial charge in [-0.3, -0.25) is 0 Å². The van der Waals surface area contributed by atoms with Crippen LogP contribution in [0, 0.1) is 0 Å². The summed E-state index contributed by atoms with van der Waals surface area (Å²) in [6, 6.07) is 0. The van der Waals surface area contributed by atoms with Gasteiger partial charge in [0.2, 0.25) is 0 Å². The van der Waals surface area contributed by atoms with E-state index in [1.807, 2.05) is 6.08 Å². The van der Waals surface area contributed by atoms with Gasteiger partial charge in [0.05, 0.1) is 13.2 Å². The summed E-state index contributed by atoms with van der Waals surface area (Å²) in [5.74, 6) is 0. The highest BCUT2D eigenvalue weighted by Gasteiger charge is 2.12. The predicted molar refractivity (Wildman–Crippen MR) is 44.4 cm³/mol. The van der Waals surface area contributed by atoms with Crippen LogP contribution in [0.3, 0.4) is 0 Å². The van der Waals surface area contributed by atoms with Crippen molar-refractivity contribution in [3.63, 3.8) is 0 Å². The Morgan fingerprint density at radius 1 is 1.36 bits per heavy atom. The molecule has 0 aromatic rings. The monoisotopic (exact) mass is 156 g/mol. The molecule has 11 heavy (non-hydrogen) atoms. The molecule has 1 rings (SSSR count). The molecule has 0 saturated carbocycles. The van der Waals surface area contributed by atoms with Crippen molar-refractivity contribution in [2.75, 3.05) is 13.2 Å². The van der Waals surface area contributed by atoms with Gasteiger partial charge < -0.3 is 9.47 Å². The summed E-state index contributed by atoms with van der Waals surface area (Å²) in [4.78, 5) is 0. The van der Waals surface area contributed by atoms with E-state index in [1.165, 1.54) is 0 Å². The SMILES string of the molecule is C=CCCCC1OCCCO1. The molecule has 1 heterocycles. The van der Waals surface area contributed by atoms with Crippen LogP contribution in [-0.4, -0.2) is 19.5 Å². The number of unbranched alkanes of at least 4 members (excludes halogenated alkanes) is 1. The van der Waals surface area contributed by atoms with Crippen molar-refractivity contribution < 1.29 is 9.47 Å². The Morgan fingerprint density at radius 3 is 2.73 bits per heavy atom. The van der Waals surface area contributed by atoms with Crippen molar-refractivity contribution in [2.24, 2.45) is 0 Å². The van der Waals surface area contributed by atoms with Crippen molar-refractivity contribution in [3.05, 3.63) is 12.7 Å². The summed E-state index contributed by atoms with van der Waals surface area (Å²) in [5, 5.41) is 0. The van der Waals surface area contributed by atoms with Crippen molar-refractivity contribution in [2.45, 2.75) is 32.0 Å². The van der Waals surface area contributed by atoms with Crippen LogP contribution in [-0.2, 0) is 9.47 Å². The zero-order valence-electron chi connectivity index (χ0n) is 6.92. The first kappa shape index (κ1) is 8.75. The maximum atomic E-state index is 5.37. The highest BCUT2D eigenvalue weighted by Crippen LogP contribution is 2.11. The van der Waals surface area contributed by atoms with E-state index in [9.17, 15) is 0 Å². The molecule has 1 aliphatic rings. The van der Waals surface area contributed by atoms with Crippen LogP contribution < -0.4 is 0 Å². The van der Waals surface area contributed by atoms with Gasteiger partial charge in [0, 0.05) is 0 Å². The molecule has 2 heteroatoms.